The topological polar surface area (TPSA) is 44.4 Å². The lowest BCUT2D eigenvalue weighted by Crippen LogP contribution is -2.48. The van der Waals surface area contributed by atoms with Gasteiger partial charge in [0.2, 0.25) is 5.91 Å². The van der Waals surface area contributed by atoms with Gasteiger partial charge in [0, 0.05) is 24.3 Å². The fraction of sp³-hybridized carbons (Fsp3) is 0.588. The smallest absolute Gasteiger partial charge is 0.227 e. The minimum absolute atomic E-state index is 0.0234. The zero-order valence-electron chi connectivity index (χ0n) is 12.9. The van der Waals surface area contributed by atoms with Crippen molar-refractivity contribution in [2.24, 2.45) is 0 Å². The van der Waals surface area contributed by atoms with Crippen LogP contribution in [0.1, 0.15) is 37.7 Å². The van der Waals surface area contributed by atoms with Gasteiger partial charge in [-0.15, -0.1) is 0 Å². The van der Waals surface area contributed by atoms with E-state index in [1.54, 1.807) is 0 Å². The Kier molecular flexibility index (Phi) is 4.15. The van der Waals surface area contributed by atoms with E-state index in [4.69, 9.17) is 0 Å². The van der Waals surface area contributed by atoms with E-state index in [0.29, 0.717) is 12.1 Å². The molecule has 114 valence electrons. The maximum Gasteiger partial charge on any atom is 0.227 e. The zero-order valence-corrected chi connectivity index (χ0v) is 12.9. The summed E-state index contributed by atoms with van der Waals surface area (Å²) in [5, 5.41) is 6.74. The number of amides is 1. The highest BCUT2D eigenvalue weighted by Crippen LogP contribution is 2.34. The number of piperidine rings is 1. The monoisotopic (exact) mass is 287 g/mol. The Balaban J connectivity index is 1.72. The van der Waals surface area contributed by atoms with Crippen molar-refractivity contribution in [3.05, 3.63) is 29.8 Å². The number of carbonyl (C=O) groups excluding carboxylic acids is 1. The first-order valence-electron chi connectivity index (χ1n) is 7.98. The third kappa shape index (κ3) is 3.21. The normalized spacial score (nSPS) is 29.3. The summed E-state index contributed by atoms with van der Waals surface area (Å²) in [7, 11) is 2.13. The van der Waals surface area contributed by atoms with Crippen LogP contribution in [0.2, 0.25) is 0 Å². The number of rotatable bonds is 2. The van der Waals surface area contributed by atoms with Crippen LogP contribution in [0.25, 0.3) is 0 Å². The van der Waals surface area contributed by atoms with E-state index in [0.717, 1.165) is 37.2 Å². The summed E-state index contributed by atoms with van der Waals surface area (Å²) in [6.45, 7) is 4.25. The van der Waals surface area contributed by atoms with Gasteiger partial charge in [0.1, 0.15) is 0 Å². The van der Waals surface area contributed by atoms with Crippen LogP contribution < -0.4 is 10.6 Å². The second-order valence-electron chi connectivity index (χ2n) is 6.53. The number of anilines is 1. The maximum atomic E-state index is 12.7. The number of carbonyl (C=O) groups is 1. The third-order valence-corrected chi connectivity index (χ3v) is 4.61. The molecule has 0 radical (unpaired) electrons. The van der Waals surface area contributed by atoms with Crippen molar-refractivity contribution in [1.82, 2.24) is 10.2 Å². The van der Waals surface area contributed by atoms with Gasteiger partial charge in [0.15, 0.2) is 0 Å². The highest BCUT2D eigenvalue weighted by atomic mass is 16.2. The molecule has 0 aromatic heterocycles. The molecule has 2 aliphatic heterocycles. The van der Waals surface area contributed by atoms with Crippen molar-refractivity contribution < 1.29 is 4.79 Å². The summed E-state index contributed by atoms with van der Waals surface area (Å²) in [6, 6.07) is 8.82. The van der Waals surface area contributed by atoms with Crippen LogP contribution in [0.5, 0.6) is 0 Å². The number of likely N-dealkylation sites (N-methyl/N-ethyl adjacent to an activating group) is 1. The SMILES string of the molecule is CC1CC(C(=O)NC2CCCN(C)C2)c2ccccc2N1. The molecular weight excluding hydrogens is 262 g/mol. The van der Waals surface area contributed by atoms with Gasteiger partial charge in [0.05, 0.1) is 5.92 Å². The van der Waals surface area contributed by atoms with Gasteiger partial charge >= 0.3 is 0 Å². The number of hydrogen-bond donors (Lipinski definition) is 2. The van der Waals surface area contributed by atoms with Crippen molar-refractivity contribution in [2.45, 2.75) is 44.2 Å². The van der Waals surface area contributed by atoms with Gasteiger partial charge < -0.3 is 15.5 Å². The van der Waals surface area contributed by atoms with E-state index in [1.807, 2.05) is 12.1 Å². The number of para-hydroxylation sites is 1. The molecule has 4 nitrogen and oxygen atoms in total. The lowest BCUT2D eigenvalue weighted by Gasteiger charge is -2.34. The van der Waals surface area contributed by atoms with E-state index >= 15 is 0 Å². The fourth-order valence-corrected chi connectivity index (χ4v) is 3.57. The van der Waals surface area contributed by atoms with Crippen LogP contribution >= 0.6 is 0 Å². The van der Waals surface area contributed by atoms with Gasteiger partial charge in [-0.25, -0.2) is 0 Å². The van der Waals surface area contributed by atoms with Crippen LogP contribution in [0, 0.1) is 0 Å². The molecule has 0 aliphatic carbocycles. The Labute approximate surface area is 126 Å². The number of nitrogens with zero attached hydrogens (tertiary/aromatic N) is 1. The summed E-state index contributed by atoms with van der Waals surface area (Å²) < 4.78 is 0. The molecule has 3 rings (SSSR count). The largest absolute Gasteiger partial charge is 0.382 e. The predicted molar refractivity (Wildman–Crippen MR) is 85.5 cm³/mol. The number of hydrogen-bond acceptors (Lipinski definition) is 3. The second-order valence-corrected chi connectivity index (χ2v) is 6.53. The molecule has 1 aromatic rings. The lowest BCUT2D eigenvalue weighted by molar-refractivity contribution is -0.123. The first kappa shape index (κ1) is 14.4. The molecule has 3 unspecified atom stereocenters. The molecule has 1 saturated heterocycles. The summed E-state index contributed by atoms with van der Waals surface area (Å²) >= 11 is 0. The van der Waals surface area contributed by atoms with Crippen molar-refractivity contribution in [3.8, 4) is 0 Å². The Hall–Kier alpha value is -1.55. The van der Waals surface area contributed by atoms with Crippen LogP contribution in [0.3, 0.4) is 0 Å². The molecule has 2 heterocycles. The molecule has 21 heavy (non-hydrogen) atoms. The van der Waals surface area contributed by atoms with Crippen molar-refractivity contribution in [1.29, 1.82) is 0 Å². The molecule has 1 fully saturated rings. The van der Waals surface area contributed by atoms with Gasteiger partial charge in [-0.05, 0) is 51.4 Å². The van der Waals surface area contributed by atoms with E-state index < -0.39 is 0 Å². The van der Waals surface area contributed by atoms with E-state index in [2.05, 4.69) is 41.6 Å². The maximum absolute atomic E-state index is 12.7. The highest BCUT2D eigenvalue weighted by molar-refractivity contribution is 5.86. The molecular formula is C17H25N3O. The Morgan fingerprint density at radius 2 is 2.19 bits per heavy atom. The molecule has 0 saturated carbocycles. The first-order chi connectivity index (χ1) is 10.1. The van der Waals surface area contributed by atoms with E-state index in [-0.39, 0.29) is 11.8 Å². The second kappa shape index (κ2) is 6.06. The average Bonchev–Trinajstić information content (AvgIpc) is 2.46. The van der Waals surface area contributed by atoms with Crippen LogP contribution in [0.15, 0.2) is 24.3 Å². The van der Waals surface area contributed by atoms with E-state index in [1.165, 1.54) is 6.42 Å². The standard InChI is InChI=1S/C17H25N3O/c1-12-10-15(14-7-3-4-8-16(14)18-12)17(21)19-13-6-5-9-20(2)11-13/h3-4,7-8,12-13,15,18H,5-6,9-11H2,1-2H3,(H,19,21). The van der Waals surface area contributed by atoms with Crippen LogP contribution in [-0.2, 0) is 4.79 Å². The van der Waals surface area contributed by atoms with Crippen molar-refractivity contribution in [3.63, 3.8) is 0 Å². The molecule has 3 atom stereocenters. The molecule has 1 aromatic carbocycles. The summed E-state index contributed by atoms with van der Waals surface area (Å²) in [6.07, 6.45) is 3.13. The quantitative estimate of drug-likeness (QED) is 0.876. The average molecular weight is 287 g/mol. The molecule has 2 N–H and O–H groups in total. The Morgan fingerprint density at radius 1 is 1.38 bits per heavy atom. The van der Waals surface area contributed by atoms with E-state index in [9.17, 15) is 4.79 Å². The minimum atomic E-state index is -0.0234. The number of fused-ring (bicyclic) bond motifs is 1. The molecule has 2 aliphatic rings. The minimum Gasteiger partial charge on any atom is -0.382 e. The predicted octanol–water partition coefficient (Wildman–Crippen LogP) is 2.18. The Bertz CT molecular complexity index is 517. The molecule has 0 spiro atoms. The van der Waals surface area contributed by atoms with Gasteiger partial charge in [0.25, 0.3) is 0 Å². The molecule has 4 heteroatoms. The lowest BCUT2D eigenvalue weighted by atomic mass is 9.86. The number of nitrogens with one attached hydrogen (secondary N) is 2. The summed E-state index contributed by atoms with van der Waals surface area (Å²) in [4.78, 5) is 15.0. The highest BCUT2D eigenvalue weighted by Gasteiger charge is 2.31. The van der Waals surface area contributed by atoms with Gasteiger partial charge in [-0.1, -0.05) is 18.2 Å². The number of benzene rings is 1. The van der Waals surface area contributed by atoms with Crippen LogP contribution in [0.4, 0.5) is 5.69 Å². The third-order valence-electron chi connectivity index (χ3n) is 4.61. The van der Waals surface area contributed by atoms with Gasteiger partial charge in [-0.3, -0.25) is 4.79 Å². The fourth-order valence-electron chi connectivity index (χ4n) is 3.57. The van der Waals surface area contributed by atoms with Crippen molar-refractivity contribution >= 4 is 11.6 Å². The van der Waals surface area contributed by atoms with Crippen LogP contribution in [-0.4, -0.2) is 43.0 Å². The number of likely N-dealkylation sites (tertiary alicyclic amines) is 1. The molecule has 1 amide bonds. The zero-order chi connectivity index (χ0) is 14.8. The first-order valence-corrected chi connectivity index (χ1v) is 7.98. The van der Waals surface area contributed by atoms with Crippen molar-refractivity contribution in [2.75, 3.05) is 25.5 Å². The van der Waals surface area contributed by atoms with Gasteiger partial charge in [-0.2, -0.15) is 0 Å². The molecule has 0 bridgehead atoms. The Morgan fingerprint density at radius 3 is 3.00 bits per heavy atom. The summed E-state index contributed by atoms with van der Waals surface area (Å²) in [5.74, 6) is 0.167. The summed E-state index contributed by atoms with van der Waals surface area (Å²) in [5.41, 5.74) is 2.24.